The molecule has 1 aromatic rings. The molecule has 1 fully saturated rings. The number of sulfonamides is 1. The van der Waals surface area contributed by atoms with Crippen LogP contribution in [0.5, 0.6) is 5.75 Å². The number of rotatable bonds is 7. The van der Waals surface area contributed by atoms with Crippen LogP contribution in [-0.2, 0) is 19.6 Å². The van der Waals surface area contributed by atoms with Crippen LogP contribution >= 0.6 is 0 Å². The number of ether oxygens (including phenoxy) is 2. The summed E-state index contributed by atoms with van der Waals surface area (Å²) in [5.41, 5.74) is 0.454. The van der Waals surface area contributed by atoms with Crippen molar-refractivity contribution in [2.24, 2.45) is 0 Å². The Morgan fingerprint density at radius 2 is 2.08 bits per heavy atom. The third-order valence-electron chi connectivity index (χ3n) is 4.17. The number of amides is 1. The van der Waals surface area contributed by atoms with Crippen LogP contribution < -0.4 is 9.46 Å². The van der Waals surface area contributed by atoms with E-state index in [1.165, 1.54) is 0 Å². The molecule has 0 bridgehead atoms. The molecule has 1 aromatic carbocycles. The average molecular weight is 356 g/mol. The second kappa shape index (κ2) is 7.50. The second-order valence-corrected chi connectivity index (χ2v) is 7.93. The molecule has 0 radical (unpaired) electrons. The summed E-state index contributed by atoms with van der Waals surface area (Å²) in [6, 6.07) is 7.71. The first-order chi connectivity index (χ1) is 11.2. The normalized spacial score (nSPS) is 21.0. The first-order valence-corrected chi connectivity index (χ1v) is 9.60. The van der Waals surface area contributed by atoms with Crippen molar-refractivity contribution in [3.63, 3.8) is 0 Å². The summed E-state index contributed by atoms with van der Waals surface area (Å²) in [6.45, 7) is 2.94. The Bertz CT molecular complexity index is 691. The van der Waals surface area contributed by atoms with Crippen molar-refractivity contribution in [3.8, 4) is 5.75 Å². The lowest BCUT2D eigenvalue weighted by Gasteiger charge is -2.28. The van der Waals surface area contributed by atoms with Gasteiger partial charge in [0.1, 0.15) is 18.0 Å². The van der Waals surface area contributed by atoms with Crippen molar-refractivity contribution < 1.29 is 22.7 Å². The van der Waals surface area contributed by atoms with Crippen molar-refractivity contribution in [3.05, 3.63) is 29.8 Å². The van der Waals surface area contributed by atoms with E-state index in [4.69, 9.17) is 9.47 Å². The van der Waals surface area contributed by atoms with Gasteiger partial charge in [-0.1, -0.05) is 18.2 Å². The van der Waals surface area contributed by atoms with E-state index in [0.29, 0.717) is 26.1 Å². The molecule has 2 rings (SSSR count). The van der Waals surface area contributed by atoms with Gasteiger partial charge < -0.3 is 14.4 Å². The summed E-state index contributed by atoms with van der Waals surface area (Å²) in [6.07, 6.45) is 1.67. The van der Waals surface area contributed by atoms with Gasteiger partial charge in [0.15, 0.2) is 0 Å². The third kappa shape index (κ3) is 4.93. The summed E-state index contributed by atoms with van der Waals surface area (Å²) in [4.78, 5) is 13.7. The number of para-hydroxylation sites is 1. The van der Waals surface area contributed by atoms with Gasteiger partial charge in [-0.2, -0.15) is 0 Å². The largest absolute Gasteiger partial charge is 0.490 e. The van der Waals surface area contributed by atoms with Gasteiger partial charge in [0, 0.05) is 13.7 Å². The van der Waals surface area contributed by atoms with E-state index >= 15 is 0 Å². The molecule has 1 atom stereocenters. The highest BCUT2D eigenvalue weighted by atomic mass is 32.2. The first kappa shape index (κ1) is 18.7. The number of likely N-dealkylation sites (tertiary alicyclic amines) is 1. The number of benzene rings is 1. The Balaban J connectivity index is 1.94. The highest BCUT2D eigenvalue weighted by Gasteiger charge is 2.41. The highest BCUT2D eigenvalue weighted by Crippen LogP contribution is 2.27. The van der Waals surface area contributed by atoms with Crippen LogP contribution in [0.3, 0.4) is 0 Å². The van der Waals surface area contributed by atoms with Crippen LogP contribution in [0, 0.1) is 6.92 Å². The predicted molar refractivity (Wildman–Crippen MR) is 90.5 cm³/mol. The minimum Gasteiger partial charge on any atom is -0.490 e. The molecule has 8 heteroatoms. The number of hydrogen-bond acceptors (Lipinski definition) is 5. The fraction of sp³-hybridized carbons (Fsp3) is 0.562. The number of methoxy groups -OCH3 is 1. The van der Waals surface area contributed by atoms with E-state index < -0.39 is 15.6 Å². The van der Waals surface area contributed by atoms with Crippen LogP contribution in [0.15, 0.2) is 24.3 Å². The molecular weight excluding hydrogens is 332 g/mol. The topological polar surface area (TPSA) is 84.9 Å². The Morgan fingerprint density at radius 1 is 1.38 bits per heavy atom. The summed E-state index contributed by atoms with van der Waals surface area (Å²) in [5, 5.41) is 0. The molecular formula is C16H24N2O5S. The number of nitrogens with zero attached hydrogens (tertiary/aromatic N) is 1. The Labute approximate surface area is 143 Å². The smallest absolute Gasteiger partial charge is 0.237 e. The Kier molecular flexibility index (Phi) is 5.84. The van der Waals surface area contributed by atoms with Crippen molar-refractivity contribution in [2.45, 2.75) is 18.9 Å². The summed E-state index contributed by atoms with van der Waals surface area (Å²) < 4.78 is 35.9. The molecule has 1 aliphatic heterocycles. The average Bonchev–Trinajstić information content (AvgIpc) is 2.96. The molecule has 0 spiro atoms. The summed E-state index contributed by atoms with van der Waals surface area (Å²) in [5.74, 6) is 0.521. The van der Waals surface area contributed by atoms with Crippen molar-refractivity contribution >= 4 is 15.9 Å². The zero-order chi connectivity index (χ0) is 17.8. The summed E-state index contributed by atoms with van der Waals surface area (Å²) >= 11 is 0. The van der Waals surface area contributed by atoms with E-state index in [9.17, 15) is 13.2 Å². The van der Waals surface area contributed by atoms with Gasteiger partial charge in [0.2, 0.25) is 15.9 Å². The quantitative estimate of drug-likeness (QED) is 0.771. The Hall–Kier alpha value is -1.64. The maximum absolute atomic E-state index is 12.1. The van der Waals surface area contributed by atoms with E-state index in [2.05, 4.69) is 4.72 Å². The predicted octanol–water partition coefficient (Wildman–Crippen LogP) is 0.541. The van der Waals surface area contributed by atoms with E-state index in [-0.39, 0.29) is 12.5 Å². The molecule has 0 aromatic heterocycles. The lowest BCUT2D eigenvalue weighted by atomic mass is 10.0. The van der Waals surface area contributed by atoms with Gasteiger partial charge >= 0.3 is 0 Å². The maximum atomic E-state index is 12.1. The molecule has 0 saturated carbocycles. The van der Waals surface area contributed by atoms with Crippen LogP contribution in [0.1, 0.15) is 12.0 Å². The van der Waals surface area contributed by atoms with Crippen molar-refractivity contribution in [1.82, 2.24) is 9.62 Å². The van der Waals surface area contributed by atoms with Gasteiger partial charge in [-0.15, -0.1) is 0 Å². The zero-order valence-electron chi connectivity index (χ0n) is 14.2. The maximum Gasteiger partial charge on any atom is 0.237 e. The fourth-order valence-electron chi connectivity index (χ4n) is 2.63. The number of nitrogens with one attached hydrogen (secondary N) is 1. The van der Waals surface area contributed by atoms with E-state index in [1.54, 1.807) is 12.0 Å². The van der Waals surface area contributed by atoms with Gasteiger partial charge in [-0.3, -0.25) is 4.79 Å². The lowest BCUT2D eigenvalue weighted by Crippen LogP contribution is -2.44. The number of hydrogen-bond donors (Lipinski definition) is 1. The summed E-state index contributed by atoms with van der Waals surface area (Å²) in [7, 11) is -1.79. The molecule has 0 unspecified atom stereocenters. The molecule has 24 heavy (non-hydrogen) atoms. The van der Waals surface area contributed by atoms with E-state index in [1.807, 2.05) is 31.2 Å². The molecule has 1 amide bonds. The molecule has 7 nitrogen and oxygen atoms in total. The Morgan fingerprint density at radius 3 is 2.71 bits per heavy atom. The van der Waals surface area contributed by atoms with Gasteiger partial charge in [-0.25, -0.2) is 13.1 Å². The monoisotopic (exact) mass is 356 g/mol. The van der Waals surface area contributed by atoms with Crippen LogP contribution in [-0.4, -0.2) is 64.4 Å². The SMILES string of the molecule is CO[C@]1(COc2ccccc2C)CCN(C(=O)CNS(C)(=O)=O)C1. The first-order valence-electron chi connectivity index (χ1n) is 7.71. The van der Waals surface area contributed by atoms with Crippen LogP contribution in [0.2, 0.25) is 0 Å². The number of carbonyl (C=O) groups is 1. The molecule has 0 aliphatic carbocycles. The van der Waals surface area contributed by atoms with Gasteiger partial charge in [0.05, 0.1) is 19.3 Å². The van der Waals surface area contributed by atoms with Gasteiger partial charge in [-0.05, 0) is 25.0 Å². The molecule has 1 aliphatic rings. The molecule has 134 valence electrons. The number of carbonyl (C=O) groups excluding carboxylic acids is 1. The standard InChI is InChI=1S/C16H24N2O5S/c1-13-6-4-5-7-14(13)23-12-16(22-2)8-9-18(11-16)15(19)10-17-24(3,20)21/h4-7,17H,8-12H2,1-3H3/t16-/m1/s1. The minimum atomic E-state index is -3.39. The van der Waals surface area contributed by atoms with Crippen molar-refractivity contribution in [1.29, 1.82) is 0 Å². The highest BCUT2D eigenvalue weighted by molar-refractivity contribution is 7.88. The van der Waals surface area contributed by atoms with E-state index in [0.717, 1.165) is 17.6 Å². The molecule has 1 N–H and O–H groups in total. The zero-order valence-corrected chi connectivity index (χ0v) is 15.1. The van der Waals surface area contributed by atoms with Crippen LogP contribution in [0.25, 0.3) is 0 Å². The third-order valence-corrected chi connectivity index (χ3v) is 4.84. The molecule has 1 heterocycles. The van der Waals surface area contributed by atoms with Crippen LogP contribution in [0.4, 0.5) is 0 Å². The minimum absolute atomic E-state index is 0.239. The fourth-order valence-corrected chi connectivity index (χ4v) is 3.02. The van der Waals surface area contributed by atoms with Crippen molar-refractivity contribution in [2.75, 3.05) is 39.6 Å². The molecule has 1 saturated heterocycles. The number of aryl methyl sites for hydroxylation is 1. The second-order valence-electron chi connectivity index (χ2n) is 6.10. The van der Waals surface area contributed by atoms with Gasteiger partial charge in [0.25, 0.3) is 0 Å². The lowest BCUT2D eigenvalue weighted by molar-refractivity contribution is -0.130.